The number of carbonyl (C=O) groups is 1. The highest BCUT2D eigenvalue weighted by Crippen LogP contribution is 2.32. The SMILES string of the molecule is C=CCNC(=O)[C@@H](C)Sc1nc(-c2ccccc2)cc(C(F)(F)F)n1. The summed E-state index contributed by atoms with van der Waals surface area (Å²) in [6.45, 7) is 5.35. The van der Waals surface area contributed by atoms with Crippen LogP contribution in [0.15, 0.2) is 54.2 Å². The summed E-state index contributed by atoms with van der Waals surface area (Å²) in [6.07, 6.45) is -3.08. The summed E-state index contributed by atoms with van der Waals surface area (Å²) in [7, 11) is 0. The molecule has 0 bridgehead atoms. The Morgan fingerprint density at radius 2 is 2.00 bits per heavy atom. The number of carbonyl (C=O) groups excluding carboxylic acids is 1. The molecule has 0 unspecified atom stereocenters. The number of thioether (sulfide) groups is 1. The molecule has 8 heteroatoms. The minimum absolute atomic E-state index is 0.102. The van der Waals surface area contributed by atoms with E-state index in [-0.39, 0.29) is 23.3 Å². The molecule has 132 valence electrons. The molecule has 1 aromatic heterocycles. The molecule has 0 aliphatic heterocycles. The molecule has 2 aromatic rings. The molecule has 1 atom stereocenters. The second-order valence-electron chi connectivity index (χ2n) is 5.08. The molecule has 0 saturated heterocycles. The van der Waals surface area contributed by atoms with Crippen molar-refractivity contribution in [3.8, 4) is 11.3 Å². The van der Waals surface area contributed by atoms with Crippen molar-refractivity contribution in [3.63, 3.8) is 0 Å². The first-order valence-corrected chi connectivity index (χ1v) is 8.26. The Kier molecular flexibility index (Phi) is 6.19. The summed E-state index contributed by atoms with van der Waals surface area (Å²) < 4.78 is 39.4. The van der Waals surface area contributed by atoms with E-state index >= 15 is 0 Å². The van der Waals surface area contributed by atoms with Crippen LogP contribution in [-0.4, -0.2) is 27.7 Å². The maximum Gasteiger partial charge on any atom is 0.433 e. The number of amides is 1. The second-order valence-corrected chi connectivity index (χ2v) is 6.39. The van der Waals surface area contributed by atoms with Gasteiger partial charge in [-0.15, -0.1) is 6.58 Å². The van der Waals surface area contributed by atoms with Gasteiger partial charge in [-0.1, -0.05) is 48.2 Å². The minimum Gasteiger partial charge on any atom is -0.352 e. The molecule has 1 aromatic carbocycles. The van der Waals surface area contributed by atoms with Crippen LogP contribution in [0.25, 0.3) is 11.3 Å². The van der Waals surface area contributed by atoms with Gasteiger partial charge in [-0.3, -0.25) is 4.79 Å². The maximum atomic E-state index is 13.1. The fourth-order valence-corrected chi connectivity index (χ4v) is 2.72. The van der Waals surface area contributed by atoms with E-state index in [2.05, 4.69) is 21.9 Å². The van der Waals surface area contributed by atoms with E-state index in [4.69, 9.17) is 0 Å². The lowest BCUT2D eigenvalue weighted by Gasteiger charge is -2.13. The Morgan fingerprint density at radius 1 is 1.32 bits per heavy atom. The average Bonchev–Trinajstić information content (AvgIpc) is 2.59. The molecule has 0 aliphatic rings. The van der Waals surface area contributed by atoms with E-state index < -0.39 is 17.1 Å². The minimum atomic E-state index is -4.60. The summed E-state index contributed by atoms with van der Waals surface area (Å²) in [6, 6.07) is 9.42. The predicted octanol–water partition coefficient (Wildman–Crippen LogP) is 3.95. The van der Waals surface area contributed by atoms with Crippen molar-refractivity contribution >= 4 is 17.7 Å². The quantitative estimate of drug-likeness (QED) is 0.477. The number of halogens is 3. The van der Waals surface area contributed by atoms with Crippen molar-refractivity contribution in [1.29, 1.82) is 0 Å². The molecule has 4 nitrogen and oxygen atoms in total. The van der Waals surface area contributed by atoms with Gasteiger partial charge in [-0.25, -0.2) is 9.97 Å². The summed E-state index contributed by atoms with van der Waals surface area (Å²) in [5.41, 5.74) is -0.340. The first-order chi connectivity index (χ1) is 11.8. The van der Waals surface area contributed by atoms with Crippen LogP contribution in [0.1, 0.15) is 12.6 Å². The first-order valence-electron chi connectivity index (χ1n) is 7.38. The Labute approximate surface area is 147 Å². The van der Waals surface area contributed by atoms with Gasteiger partial charge < -0.3 is 5.32 Å². The van der Waals surface area contributed by atoms with Crippen molar-refractivity contribution < 1.29 is 18.0 Å². The molecule has 0 saturated carbocycles. The lowest BCUT2D eigenvalue weighted by Crippen LogP contribution is -2.31. The van der Waals surface area contributed by atoms with Gasteiger partial charge in [0.05, 0.1) is 10.9 Å². The van der Waals surface area contributed by atoms with Crippen LogP contribution in [0.2, 0.25) is 0 Å². The van der Waals surface area contributed by atoms with Gasteiger partial charge >= 0.3 is 6.18 Å². The fourth-order valence-electron chi connectivity index (χ4n) is 1.91. The van der Waals surface area contributed by atoms with Gasteiger partial charge in [0, 0.05) is 12.1 Å². The third-order valence-corrected chi connectivity index (χ3v) is 4.10. The van der Waals surface area contributed by atoms with E-state index in [0.717, 1.165) is 17.8 Å². The lowest BCUT2D eigenvalue weighted by atomic mass is 10.1. The van der Waals surface area contributed by atoms with Crippen molar-refractivity contribution in [3.05, 3.63) is 54.7 Å². The number of alkyl halides is 3. The normalized spacial score (nSPS) is 12.5. The van der Waals surface area contributed by atoms with Gasteiger partial charge in [-0.2, -0.15) is 13.2 Å². The van der Waals surface area contributed by atoms with Crippen LogP contribution in [-0.2, 0) is 11.0 Å². The average molecular weight is 367 g/mol. The highest BCUT2D eigenvalue weighted by atomic mass is 32.2. The number of nitrogens with zero attached hydrogens (tertiary/aromatic N) is 2. The topological polar surface area (TPSA) is 54.9 Å². The zero-order valence-corrected chi connectivity index (χ0v) is 14.2. The molecule has 25 heavy (non-hydrogen) atoms. The third kappa shape index (κ3) is 5.32. The molecule has 1 N–H and O–H groups in total. The number of aromatic nitrogens is 2. The van der Waals surface area contributed by atoms with Crippen molar-refractivity contribution in [2.45, 2.75) is 23.5 Å². The molecule has 2 rings (SSSR count). The molecule has 0 fully saturated rings. The maximum absolute atomic E-state index is 13.1. The zero-order valence-electron chi connectivity index (χ0n) is 13.4. The first kappa shape index (κ1) is 19.0. The Morgan fingerprint density at radius 3 is 2.60 bits per heavy atom. The van der Waals surface area contributed by atoms with Crippen molar-refractivity contribution in [2.75, 3.05) is 6.54 Å². The van der Waals surface area contributed by atoms with Gasteiger partial charge in [-0.05, 0) is 13.0 Å². The Balaban J connectivity index is 2.34. The van der Waals surface area contributed by atoms with Crippen LogP contribution in [0.5, 0.6) is 0 Å². The lowest BCUT2D eigenvalue weighted by molar-refractivity contribution is -0.141. The second kappa shape index (κ2) is 8.15. The monoisotopic (exact) mass is 367 g/mol. The predicted molar refractivity (Wildman–Crippen MR) is 91.0 cm³/mol. The number of nitrogens with one attached hydrogen (secondary N) is 1. The van der Waals surface area contributed by atoms with Gasteiger partial charge in [0.15, 0.2) is 5.16 Å². The number of benzene rings is 1. The summed E-state index contributed by atoms with van der Waals surface area (Å²) in [5, 5.41) is 1.84. The van der Waals surface area contributed by atoms with Crippen LogP contribution < -0.4 is 5.32 Å². The fraction of sp³-hybridized carbons (Fsp3) is 0.235. The summed E-state index contributed by atoms with van der Waals surface area (Å²) in [5.74, 6) is -0.327. The van der Waals surface area contributed by atoms with E-state index in [1.54, 1.807) is 37.3 Å². The molecular weight excluding hydrogens is 351 g/mol. The number of hydrogen-bond donors (Lipinski definition) is 1. The highest BCUT2D eigenvalue weighted by molar-refractivity contribution is 8.00. The smallest absolute Gasteiger partial charge is 0.352 e. The highest BCUT2D eigenvalue weighted by Gasteiger charge is 2.34. The van der Waals surface area contributed by atoms with E-state index in [1.807, 2.05) is 0 Å². The Hall–Kier alpha value is -2.35. The number of rotatable bonds is 6. The molecular formula is C17H16F3N3OS. The molecule has 0 radical (unpaired) electrons. The van der Waals surface area contributed by atoms with Gasteiger partial charge in [0.25, 0.3) is 0 Å². The van der Waals surface area contributed by atoms with Crippen LogP contribution >= 0.6 is 11.8 Å². The number of hydrogen-bond acceptors (Lipinski definition) is 4. The standard InChI is InChI=1S/C17H16F3N3OS/c1-3-9-21-15(24)11(2)25-16-22-13(12-7-5-4-6-8-12)10-14(23-16)17(18,19)20/h3-8,10-11H,1,9H2,2H3,(H,21,24)/t11-/m1/s1. The molecule has 1 heterocycles. The van der Waals surface area contributed by atoms with Crippen molar-refractivity contribution in [2.24, 2.45) is 0 Å². The van der Waals surface area contributed by atoms with E-state index in [1.165, 1.54) is 6.08 Å². The van der Waals surface area contributed by atoms with Crippen LogP contribution in [0.3, 0.4) is 0 Å². The van der Waals surface area contributed by atoms with Crippen LogP contribution in [0, 0.1) is 0 Å². The largest absolute Gasteiger partial charge is 0.433 e. The zero-order chi connectivity index (χ0) is 18.4. The molecule has 0 spiro atoms. The van der Waals surface area contributed by atoms with Gasteiger partial charge in [0.1, 0.15) is 5.69 Å². The van der Waals surface area contributed by atoms with Crippen LogP contribution in [0.4, 0.5) is 13.2 Å². The van der Waals surface area contributed by atoms with Crippen molar-refractivity contribution in [1.82, 2.24) is 15.3 Å². The molecule has 0 aliphatic carbocycles. The summed E-state index contributed by atoms with van der Waals surface area (Å²) >= 11 is 0.873. The third-order valence-electron chi connectivity index (χ3n) is 3.14. The summed E-state index contributed by atoms with van der Waals surface area (Å²) in [4.78, 5) is 19.6. The van der Waals surface area contributed by atoms with Gasteiger partial charge in [0.2, 0.25) is 5.91 Å². The Bertz CT molecular complexity index is 751. The molecule has 1 amide bonds. The van der Waals surface area contributed by atoms with E-state index in [0.29, 0.717) is 5.56 Å². The van der Waals surface area contributed by atoms with E-state index in [9.17, 15) is 18.0 Å².